The van der Waals surface area contributed by atoms with Crippen molar-refractivity contribution >= 4 is 17.6 Å². The van der Waals surface area contributed by atoms with Crippen LogP contribution in [0, 0.1) is 0 Å². The van der Waals surface area contributed by atoms with Crippen molar-refractivity contribution in [1.29, 1.82) is 0 Å². The minimum Gasteiger partial charge on any atom is -0.339 e. The van der Waals surface area contributed by atoms with Gasteiger partial charge >= 0.3 is 0 Å². The molecule has 1 saturated heterocycles. The summed E-state index contributed by atoms with van der Waals surface area (Å²) in [4.78, 5) is 27.2. The first-order chi connectivity index (χ1) is 14.1. The molecule has 1 saturated carbocycles. The lowest BCUT2D eigenvalue weighted by Crippen LogP contribution is -2.50. The molecule has 0 bridgehead atoms. The third-order valence-electron chi connectivity index (χ3n) is 6.50. The van der Waals surface area contributed by atoms with Gasteiger partial charge in [-0.15, -0.1) is 0 Å². The molecule has 4 rings (SSSR count). The molecule has 0 unspecified atom stereocenters. The third kappa shape index (κ3) is 3.84. The van der Waals surface area contributed by atoms with E-state index < -0.39 is 5.41 Å². The Morgan fingerprint density at radius 2 is 1.86 bits per heavy atom. The second-order valence-corrected chi connectivity index (χ2v) is 8.12. The number of likely N-dealkylation sites (tertiary alicyclic amines) is 1. The van der Waals surface area contributed by atoms with Gasteiger partial charge in [0.2, 0.25) is 11.8 Å². The SMILES string of the molecule is C=CC(=O)N1CCC(C(=O)Nc2cc(C3CCCC3)[nH]n2)(c2ccccc2)CC1. The molecular formula is C23H28N4O2. The van der Waals surface area contributed by atoms with Crippen LogP contribution in [0.5, 0.6) is 0 Å². The van der Waals surface area contributed by atoms with Gasteiger partial charge in [-0.2, -0.15) is 5.10 Å². The Morgan fingerprint density at radius 3 is 2.52 bits per heavy atom. The lowest BCUT2D eigenvalue weighted by Gasteiger charge is -2.40. The summed E-state index contributed by atoms with van der Waals surface area (Å²) in [6.07, 6.45) is 7.34. The molecule has 2 aliphatic rings. The van der Waals surface area contributed by atoms with E-state index >= 15 is 0 Å². The maximum Gasteiger partial charge on any atom is 0.245 e. The Morgan fingerprint density at radius 1 is 1.17 bits per heavy atom. The van der Waals surface area contributed by atoms with Crippen LogP contribution in [0.3, 0.4) is 0 Å². The molecule has 2 N–H and O–H groups in total. The molecule has 0 radical (unpaired) electrons. The number of carbonyl (C=O) groups excluding carboxylic acids is 2. The molecule has 29 heavy (non-hydrogen) atoms. The van der Waals surface area contributed by atoms with Crippen LogP contribution in [-0.2, 0) is 15.0 Å². The molecule has 2 aromatic rings. The average Bonchev–Trinajstić information content (AvgIpc) is 3.46. The van der Waals surface area contributed by atoms with Crippen LogP contribution in [0.4, 0.5) is 5.82 Å². The van der Waals surface area contributed by atoms with Gasteiger partial charge in [-0.3, -0.25) is 14.7 Å². The van der Waals surface area contributed by atoms with Crippen molar-refractivity contribution in [3.8, 4) is 0 Å². The summed E-state index contributed by atoms with van der Waals surface area (Å²) in [6.45, 7) is 4.63. The fourth-order valence-electron chi connectivity index (χ4n) is 4.72. The number of H-pyrrole nitrogens is 1. The fraction of sp³-hybridized carbons (Fsp3) is 0.435. The monoisotopic (exact) mass is 392 g/mol. The number of hydrogen-bond donors (Lipinski definition) is 2. The molecule has 1 aliphatic carbocycles. The largest absolute Gasteiger partial charge is 0.339 e. The van der Waals surface area contributed by atoms with Crippen LogP contribution in [-0.4, -0.2) is 40.0 Å². The summed E-state index contributed by atoms with van der Waals surface area (Å²) in [5, 5.41) is 10.5. The van der Waals surface area contributed by atoms with Gasteiger partial charge in [-0.25, -0.2) is 0 Å². The van der Waals surface area contributed by atoms with Gasteiger partial charge in [0.1, 0.15) is 0 Å². The Labute approximate surface area is 171 Å². The van der Waals surface area contributed by atoms with Crippen molar-refractivity contribution in [2.24, 2.45) is 0 Å². The van der Waals surface area contributed by atoms with Gasteiger partial charge in [0.05, 0.1) is 5.41 Å². The van der Waals surface area contributed by atoms with Gasteiger partial charge in [-0.05, 0) is 37.3 Å². The fourth-order valence-corrected chi connectivity index (χ4v) is 4.72. The number of anilines is 1. The van der Waals surface area contributed by atoms with Gasteiger partial charge in [0.15, 0.2) is 5.82 Å². The molecule has 6 heteroatoms. The lowest BCUT2D eigenvalue weighted by molar-refractivity contribution is -0.131. The van der Waals surface area contributed by atoms with E-state index in [4.69, 9.17) is 0 Å². The van der Waals surface area contributed by atoms with Crippen molar-refractivity contribution in [1.82, 2.24) is 15.1 Å². The standard InChI is InChI=1S/C23H28N4O2/c1-2-21(28)27-14-12-23(13-15-27,18-10-4-3-5-11-18)22(29)24-20-16-19(25-26-20)17-8-6-7-9-17/h2-5,10-11,16-17H,1,6-9,12-15H2,(H2,24,25,26,29). The van der Waals surface area contributed by atoms with E-state index in [1.807, 2.05) is 36.4 Å². The van der Waals surface area contributed by atoms with E-state index in [9.17, 15) is 9.59 Å². The van der Waals surface area contributed by atoms with E-state index in [-0.39, 0.29) is 11.8 Å². The van der Waals surface area contributed by atoms with Crippen LogP contribution in [0.1, 0.15) is 55.7 Å². The number of aromatic nitrogens is 2. The van der Waals surface area contributed by atoms with Crippen LogP contribution in [0.15, 0.2) is 49.1 Å². The summed E-state index contributed by atoms with van der Waals surface area (Å²) < 4.78 is 0. The topological polar surface area (TPSA) is 78.1 Å². The first-order valence-corrected chi connectivity index (χ1v) is 10.5. The van der Waals surface area contributed by atoms with E-state index in [0.29, 0.717) is 37.7 Å². The first-order valence-electron chi connectivity index (χ1n) is 10.5. The molecule has 2 fully saturated rings. The smallest absolute Gasteiger partial charge is 0.245 e. The zero-order chi connectivity index (χ0) is 20.3. The van der Waals surface area contributed by atoms with Crippen molar-refractivity contribution in [3.05, 3.63) is 60.3 Å². The first kappa shape index (κ1) is 19.4. The number of nitrogens with one attached hydrogen (secondary N) is 2. The molecule has 2 amide bonds. The van der Waals surface area contributed by atoms with Gasteiger partial charge < -0.3 is 10.2 Å². The third-order valence-corrected chi connectivity index (χ3v) is 6.50. The zero-order valence-electron chi connectivity index (χ0n) is 16.7. The van der Waals surface area contributed by atoms with Crippen molar-refractivity contribution < 1.29 is 9.59 Å². The highest BCUT2D eigenvalue weighted by molar-refractivity contribution is 5.99. The highest BCUT2D eigenvalue weighted by Gasteiger charge is 2.43. The molecule has 2 heterocycles. The zero-order valence-corrected chi connectivity index (χ0v) is 16.7. The molecule has 0 atom stereocenters. The Kier molecular flexibility index (Phi) is 5.51. The van der Waals surface area contributed by atoms with E-state index in [1.165, 1.54) is 31.8 Å². The lowest BCUT2D eigenvalue weighted by atomic mass is 9.72. The summed E-state index contributed by atoms with van der Waals surface area (Å²) in [7, 11) is 0. The quantitative estimate of drug-likeness (QED) is 0.761. The number of rotatable bonds is 5. The predicted molar refractivity (Wildman–Crippen MR) is 113 cm³/mol. The molecule has 1 aromatic heterocycles. The maximum absolute atomic E-state index is 13.5. The van der Waals surface area contributed by atoms with E-state index in [2.05, 4.69) is 22.1 Å². The second-order valence-electron chi connectivity index (χ2n) is 8.12. The van der Waals surface area contributed by atoms with Crippen LogP contribution < -0.4 is 5.32 Å². The van der Waals surface area contributed by atoms with Gasteiger partial charge in [0, 0.05) is 30.8 Å². The summed E-state index contributed by atoms with van der Waals surface area (Å²) in [5.74, 6) is 0.959. The maximum atomic E-state index is 13.5. The minimum absolute atomic E-state index is 0.0566. The number of benzene rings is 1. The van der Waals surface area contributed by atoms with Crippen molar-refractivity contribution in [2.45, 2.75) is 49.9 Å². The molecule has 0 spiro atoms. The minimum atomic E-state index is -0.675. The Hall–Kier alpha value is -2.89. The number of nitrogens with zero attached hydrogens (tertiary/aromatic N) is 2. The molecule has 1 aliphatic heterocycles. The molecular weight excluding hydrogens is 364 g/mol. The Bertz CT molecular complexity index is 875. The number of carbonyl (C=O) groups is 2. The van der Waals surface area contributed by atoms with Gasteiger partial charge in [0.25, 0.3) is 0 Å². The normalized spacial score (nSPS) is 19.1. The summed E-state index contributed by atoms with van der Waals surface area (Å²) in [5.41, 5.74) is 1.42. The average molecular weight is 393 g/mol. The van der Waals surface area contributed by atoms with E-state index in [0.717, 1.165) is 11.3 Å². The van der Waals surface area contributed by atoms with Crippen molar-refractivity contribution in [2.75, 3.05) is 18.4 Å². The van der Waals surface area contributed by atoms with Crippen LogP contribution in [0.25, 0.3) is 0 Å². The number of amides is 2. The molecule has 1 aromatic carbocycles. The highest BCUT2D eigenvalue weighted by atomic mass is 16.2. The number of hydrogen-bond acceptors (Lipinski definition) is 3. The number of piperidine rings is 1. The highest BCUT2D eigenvalue weighted by Crippen LogP contribution is 2.38. The van der Waals surface area contributed by atoms with Crippen LogP contribution in [0.2, 0.25) is 0 Å². The molecule has 6 nitrogen and oxygen atoms in total. The van der Waals surface area contributed by atoms with E-state index in [1.54, 1.807) is 4.90 Å². The van der Waals surface area contributed by atoms with Crippen molar-refractivity contribution in [3.63, 3.8) is 0 Å². The summed E-state index contributed by atoms with van der Waals surface area (Å²) >= 11 is 0. The Balaban J connectivity index is 1.54. The van der Waals surface area contributed by atoms with Gasteiger partial charge in [-0.1, -0.05) is 49.8 Å². The number of aromatic amines is 1. The summed E-state index contributed by atoms with van der Waals surface area (Å²) in [6, 6.07) is 11.8. The molecule has 152 valence electrons. The van der Waals surface area contributed by atoms with Crippen LogP contribution >= 0.6 is 0 Å². The predicted octanol–water partition coefficient (Wildman–Crippen LogP) is 3.75. The second kappa shape index (κ2) is 8.23.